The number of hydrogen-bond donors (Lipinski definition) is 1. The van der Waals surface area contributed by atoms with Crippen molar-refractivity contribution in [2.24, 2.45) is 16.7 Å². The van der Waals surface area contributed by atoms with Crippen molar-refractivity contribution < 1.29 is 30.0 Å². The number of benzene rings is 2. The zero-order chi connectivity index (χ0) is 38.5. The van der Waals surface area contributed by atoms with Gasteiger partial charge in [-0.25, -0.2) is 4.98 Å². The summed E-state index contributed by atoms with van der Waals surface area (Å²) >= 11 is 3.72. The molecule has 0 aliphatic rings. The molecule has 0 aliphatic heterocycles. The Balaban J connectivity index is 0.000000359. The first kappa shape index (κ1) is 44.4. The van der Waals surface area contributed by atoms with Crippen molar-refractivity contribution in [3.63, 3.8) is 0 Å². The Morgan fingerprint density at radius 2 is 1.38 bits per heavy atom. The van der Waals surface area contributed by atoms with Crippen LogP contribution in [0.15, 0.2) is 54.6 Å². The summed E-state index contributed by atoms with van der Waals surface area (Å²) in [6.45, 7) is 27.6. The van der Waals surface area contributed by atoms with E-state index in [0.717, 1.165) is 59.1 Å². The minimum absolute atomic E-state index is 0. The predicted molar refractivity (Wildman–Crippen MR) is 226 cm³/mol. The van der Waals surface area contributed by atoms with E-state index in [0.29, 0.717) is 5.92 Å². The average molecular weight is 928 g/mol. The van der Waals surface area contributed by atoms with E-state index in [-0.39, 0.29) is 42.5 Å². The fourth-order valence-electron chi connectivity index (χ4n) is 6.49. The molecule has 0 bridgehead atoms. The van der Waals surface area contributed by atoms with E-state index >= 15 is 0 Å². The first-order chi connectivity index (χ1) is 24.5. The molecule has 4 nitrogen and oxygen atoms in total. The van der Waals surface area contributed by atoms with Crippen molar-refractivity contribution in [1.29, 1.82) is 0 Å². The van der Waals surface area contributed by atoms with Crippen molar-refractivity contribution in [2.45, 2.75) is 122 Å². The maximum atomic E-state index is 12.2. The molecule has 1 N–H and O–H groups in total. The molecule has 287 valence electrons. The minimum Gasteiger partial charge on any atom is -0.512 e. The van der Waals surface area contributed by atoms with Crippen LogP contribution in [0.25, 0.3) is 41.7 Å². The van der Waals surface area contributed by atoms with Crippen molar-refractivity contribution >= 4 is 38.7 Å². The van der Waals surface area contributed by atoms with E-state index in [1.807, 2.05) is 64.2 Å². The summed E-state index contributed by atoms with van der Waals surface area (Å²) in [5.74, 6) is 0.956. The van der Waals surface area contributed by atoms with E-state index in [9.17, 15) is 9.90 Å². The number of fused-ring (bicyclic) bond motifs is 1. The Kier molecular flexibility index (Phi) is 15.6. The first-order valence-corrected chi connectivity index (χ1v) is 20.6. The van der Waals surface area contributed by atoms with E-state index in [4.69, 9.17) is 9.97 Å². The molecule has 0 aliphatic carbocycles. The zero-order valence-electron chi connectivity index (χ0n) is 34.1. The quantitative estimate of drug-likeness (QED) is 0.0769. The largest absolute Gasteiger partial charge is 0.512 e. The van der Waals surface area contributed by atoms with Crippen molar-refractivity contribution in [3.8, 4) is 31.5 Å². The van der Waals surface area contributed by atoms with Crippen LogP contribution in [0.1, 0.15) is 114 Å². The molecule has 0 unspecified atom stereocenters. The third kappa shape index (κ3) is 9.83. The maximum Gasteiger partial charge on any atom is 0.164 e. The molecule has 53 heavy (non-hydrogen) atoms. The van der Waals surface area contributed by atoms with E-state index in [1.165, 1.54) is 54.1 Å². The Bertz CT molecular complexity index is 2020. The number of hydrogen-bond acceptors (Lipinski definition) is 6. The molecule has 3 heterocycles. The zero-order valence-corrected chi connectivity index (χ0v) is 38.2. The number of aliphatic hydroxyl groups excluding tert-OH is 1. The smallest absolute Gasteiger partial charge is 0.164 e. The SMILES string of the molecule is CCC(C)(CC)C(=O)/C=C(\O)C(C)(CC)CC.Cc1[c-]c(-c2ncnc3c(C)c(-c4sc(-c5ccc(CC(C)C)cc5)c(C)c4C)sc23)cc(C)c1.[Ir]. The van der Waals surface area contributed by atoms with Crippen molar-refractivity contribution in [1.82, 2.24) is 9.97 Å². The summed E-state index contributed by atoms with van der Waals surface area (Å²) in [6, 6.07) is 17.0. The number of nitrogens with zero attached hydrogens (tertiary/aromatic N) is 2. The van der Waals surface area contributed by atoms with Gasteiger partial charge in [-0.1, -0.05) is 93.5 Å². The predicted octanol–water partition coefficient (Wildman–Crippen LogP) is 13.9. The summed E-state index contributed by atoms with van der Waals surface area (Å²) in [7, 11) is 0. The van der Waals surface area contributed by atoms with Crippen LogP contribution in [0.5, 0.6) is 0 Å². The second kappa shape index (κ2) is 18.6. The standard InChI is InChI=1S/C31H31N2S2.C15H28O2.Ir/c1-17(2)12-23-8-10-24(11-9-23)28-20(5)21(6)29(34-28)30-22(7)26-31(35-30)27(33-16-32-26)25-14-18(3)13-19(4)15-25;1-7-14(5,8-2)12(16)11-13(17)15(6,9-3)10-4;/h8-11,13-14,16-17H,12H2,1-7H3;11,16H,7-10H2,1-6H3;/q-1;;/b;12-11-;. The molecule has 0 atom stereocenters. The number of rotatable bonds is 12. The van der Waals surface area contributed by atoms with Crippen LogP contribution >= 0.6 is 22.7 Å². The third-order valence-electron chi connectivity index (χ3n) is 11.2. The van der Waals surface area contributed by atoms with Gasteiger partial charge in [-0.3, -0.25) is 9.78 Å². The molecular weight excluding hydrogens is 869 g/mol. The van der Waals surface area contributed by atoms with Crippen LogP contribution < -0.4 is 0 Å². The molecule has 7 heteroatoms. The number of ketones is 1. The molecule has 0 saturated carbocycles. The second-order valence-electron chi connectivity index (χ2n) is 15.4. The van der Waals surface area contributed by atoms with Gasteiger partial charge in [-0.05, 0) is 86.6 Å². The Morgan fingerprint density at radius 1 is 0.811 bits per heavy atom. The van der Waals surface area contributed by atoms with Crippen LogP contribution in [0, 0.1) is 57.4 Å². The molecule has 0 amide bonds. The van der Waals surface area contributed by atoms with Gasteiger partial charge >= 0.3 is 0 Å². The normalized spacial score (nSPS) is 12.2. The number of aliphatic hydroxyl groups is 1. The fraction of sp³-hybridized carbons (Fsp3) is 0.457. The fourth-order valence-corrected chi connectivity index (χ4v) is 9.32. The van der Waals surface area contributed by atoms with Gasteiger partial charge in [0.2, 0.25) is 0 Å². The van der Waals surface area contributed by atoms with Gasteiger partial charge in [0.05, 0.1) is 5.52 Å². The Hall–Kier alpha value is -2.96. The molecular formula is C46H59IrN2O2S2-. The van der Waals surface area contributed by atoms with E-state index < -0.39 is 0 Å². The Labute approximate surface area is 341 Å². The van der Waals surface area contributed by atoms with E-state index in [2.05, 4.69) is 90.9 Å². The van der Waals surface area contributed by atoms with Crippen molar-refractivity contribution in [2.75, 3.05) is 0 Å². The van der Waals surface area contributed by atoms with Crippen LogP contribution in [0.4, 0.5) is 0 Å². The summed E-state index contributed by atoms with van der Waals surface area (Å²) < 4.78 is 1.14. The van der Waals surface area contributed by atoms with Crippen molar-refractivity contribution in [3.05, 3.63) is 94.0 Å². The molecule has 0 saturated heterocycles. The van der Waals surface area contributed by atoms with Gasteiger partial charge in [0, 0.05) is 62.0 Å². The third-order valence-corrected chi connectivity index (χ3v) is 14.1. The first-order valence-electron chi connectivity index (χ1n) is 18.9. The monoisotopic (exact) mass is 928 g/mol. The van der Waals surface area contributed by atoms with E-state index in [1.54, 1.807) is 6.33 Å². The van der Waals surface area contributed by atoms with Gasteiger partial charge in [0.15, 0.2) is 5.78 Å². The summed E-state index contributed by atoms with van der Waals surface area (Å²) in [6.07, 6.45) is 7.57. The number of carbonyl (C=O) groups excluding carboxylic acids is 1. The molecule has 5 rings (SSSR count). The number of aromatic nitrogens is 2. The number of aryl methyl sites for hydroxylation is 3. The molecule has 1 radical (unpaired) electrons. The van der Waals surface area contributed by atoms with Gasteiger partial charge in [-0.2, -0.15) is 0 Å². The topological polar surface area (TPSA) is 63.1 Å². The maximum absolute atomic E-state index is 12.2. The van der Waals surface area contributed by atoms with Crippen LogP contribution in [-0.4, -0.2) is 20.9 Å². The Morgan fingerprint density at radius 3 is 1.92 bits per heavy atom. The number of carbonyl (C=O) groups is 1. The molecule has 0 spiro atoms. The van der Waals surface area contributed by atoms with Gasteiger partial charge in [0.1, 0.15) is 12.1 Å². The molecule has 0 fully saturated rings. The number of thiophene rings is 2. The van der Waals surface area contributed by atoms with Crippen LogP contribution in [-0.2, 0) is 31.3 Å². The summed E-state index contributed by atoms with van der Waals surface area (Å²) in [4.78, 5) is 25.6. The van der Waals surface area contributed by atoms with Crippen LogP contribution in [0.2, 0.25) is 0 Å². The van der Waals surface area contributed by atoms with Gasteiger partial charge in [-0.15, -0.1) is 57.6 Å². The van der Waals surface area contributed by atoms with Crippen LogP contribution in [0.3, 0.4) is 0 Å². The van der Waals surface area contributed by atoms with Gasteiger partial charge < -0.3 is 5.11 Å². The average Bonchev–Trinajstić information content (AvgIpc) is 3.61. The molecule has 2 aromatic carbocycles. The number of allylic oxidation sites excluding steroid dienone is 2. The van der Waals surface area contributed by atoms with Gasteiger partial charge in [0.25, 0.3) is 0 Å². The molecule has 5 aromatic rings. The summed E-state index contributed by atoms with van der Waals surface area (Å²) in [5, 5.41) is 10.1. The summed E-state index contributed by atoms with van der Waals surface area (Å²) in [5.41, 5.74) is 11.5. The minimum atomic E-state index is -0.337. The second-order valence-corrected chi connectivity index (χ2v) is 17.5. The molecule has 3 aromatic heterocycles.